The predicted octanol–water partition coefficient (Wildman–Crippen LogP) is 5.40. The van der Waals surface area contributed by atoms with Gasteiger partial charge in [-0.25, -0.2) is 0 Å². The van der Waals surface area contributed by atoms with Crippen LogP contribution < -0.4 is 4.74 Å². The van der Waals surface area contributed by atoms with E-state index in [4.69, 9.17) is 0 Å². The topological polar surface area (TPSA) is 9.23 Å². The van der Waals surface area contributed by atoms with E-state index >= 15 is 0 Å². The van der Waals surface area contributed by atoms with E-state index in [1.807, 2.05) is 0 Å². The van der Waals surface area contributed by atoms with E-state index in [1.54, 1.807) is 18.2 Å². The van der Waals surface area contributed by atoms with Gasteiger partial charge in [-0.3, -0.25) is 0 Å². The zero-order valence-corrected chi connectivity index (χ0v) is 12.0. The molecule has 0 bridgehead atoms. The highest BCUT2D eigenvalue weighted by atomic mass is 79.9. The minimum absolute atomic E-state index is 0.0541. The van der Waals surface area contributed by atoms with E-state index in [2.05, 4.69) is 20.7 Å². The van der Waals surface area contributed by atoms with Crippen LogP contribution in [0.4, 0.5) is 13.2 Å². The first-order valence-electron chi connectivity index (χ1n) is 6.44. The van der Waals surface area contributed by atoms with E-state index in [9.17, 15) is 13.2 Å². The molecule has 0 radical (unpaired) electrons. The third kappa shape index (κ3) is 4.41. The van der Waals surface area contributed by atoms with Gasteiger partial charge in [-0.05, 0) is 36.8 Å². The summed E-state index contributed by atoms with van der Waals surface area (Å²) in [7, 11) is 0. The molecule has 0 aliphatic heterocycles. The highest BCUT2D eigenvalue weighted by Crippen LogP contribution is 2.39. The van der Waals surface area contributed by atoms with E-state index in [0.717, 1.165) is 32.1 Å². The molecule has 106 valence electrons. The van der Waals surface area contributed by atoms with E-state index < -0.39 is 6.36 Å². The first-order chi connectivity index (χ1) is 8.96. The third-order valence-corrected chi connectivity index (χ3v) is 4.28. The first-order valence-corrected chi connectivity index (χ1v) is 7.36. The zero-order valence-electron chi connectivity index (χ0n) is 10.4. The Labute approximate surface area is 119 Å². The fraction of sp³-hybridized carbons (Fsp3) is 0.571. The van der Waals surface area contributed by atoms with Gasteiger partial charge in [0.1, 0.15) is 5.75 Å². The molecule has 0 heterocycles. The molecular weight excluding hydrogens is 321 g/mol. The van der Waals surface area contributed by atoms with Crippen molar-refractivity contribution in [3.05, 3.63) is 29.8 Å². The van der Waals surface area contributed by atoms with Crippen LogP contribution in [-0.2, 0) is 0 Å². The van der Waals surface area contributed by atoms with E-state index in [-0.39, 0.29) is 11.7 Å². The summed E-state index contributed by atoms with van der Waals surface area (Å²) in [6.07, 6.45) is 0.397. The van der Waals surface area contributed by atoms with Crippen molar-refractivity contribution in [3.63, 3.8) is 0 Å². The Hall–Kier alpha value is -0.710. The van der Waals surface area contributed by atoms with Crippen molar-refractivity contribution in [2.45, 2.75) is 49.2 Å². The highest BCUT2D eigenvalue weighted by Gasteiger charge is 2.33. The molecule has 2 unspecified atom stereocenters. The third-order valence-electron chi connectivity index (χ3n) is 3.44. The van der Waals surface area contributed by atoms with Crippen molar-refractivity contribution in [2.24, 2.45) is 0 Å². The molecule has 0 N–H and O–H groups in total. The van der Waals surface area contributed by atoms with Crippen LogP contribution in [0.15, 0.2) is 24.3 Å². The molecule has 2 rings (SSSR count). The zero-order chi connectivity index (χ0) is 13.9. The van der Waals surface area contributed by atoms with Crippen LogP contribution in [0.2, 0.25) is 0 Å². The lowest BCUT2D eigenvalue weighted by atomic mass is 9.91. The van der Waals surface area contributed by atoms with Crippen LogP contribution in [0.5, 0.6) is 5.75 Å². The average Bonchev–Trinajstić information content (AvgIpc) is 2.52. The van der Waals surface area contributed by atoms with Crippen molar-refractivity contribution in [1.82, 2.24) is 0 Å². The van der Waals surface area contributed by atoms with Crippen molar-refractivity contribution in [2.75, 3.05) is 0 Å². The molecule has 0 aromatic heterocycles. The van der Waals surface area contributed by atoms with Gasteiger partial charge in [0, 0.05) is 4.83 Å². The van der Waals surface area contributed by atoms with Crippen LogP contribution in [0.25, 0.3) is 0 Å². The molecule has 0 spiro atoms. The van der Waals surface area contributed by atoms with Crippen molar-refractivity contribution >= 4 is 15.9 Å². The average molecular weight is 337 g/mol. The van der Waals surface area contributed by atoms with Crippen molar-refractivity contribution in [1.29, 1.82) is 0 Å². The minimum Gasteiger partial charge on any atom is -0.405 e. The first kappa shape index (κ1) is 14.7. The SMILES string of the molecule is FC(F)(F)Oc1ccccc1C1CCCCC(Br)C1. The fourth-order valence-corrected chi connectivity index (χ4v) is 3.39. The van der Waals surface area contributed by atoms with Gasteiger partial charge in [-0.2, -0.15) is 0 Å². The summed E-state index contributed by atoms with van der Waals surface area (Å²) >= 11 is 3.60. The Morgan fingerprint density at radius 3 is 2.53 bits per heavy atom. The lowest BCUT2D eigenvalue weighted by molar-refractivity contribution is -0.275. The Balaban J connectivity index is 2.22. The second-order valence-corrected chi connectivity index (χ2v) is 6.19. The van der Waals surface area contributed by atoms with Gasteiger partial charge < -0.3 is 4.74 Å². The molecule has 19 heavy (non-hydrogen) atoms. The summed E-state index contributed by atoms with van der Waals surface area (Å²) < 4.78 is 41.4. The van der Waals surface area contributed by atoms with Gasteiger partial charge in [0.05, 0.1) is 0 Å². The molecule has 2 atom stereocenters. The minimum atomic E-state index is -4.63. The lowest BCUT2D eigenvalue weighted by Crippen LogP contribution is -2.19. The second-order valence-electron chi connectivity index (χ2n) is 4.90. The van der Waals surface area contributed by atoms with Gasteiger partial charge in [-0.15, -0.1) is 13.2 Å². The molecule has 5 heteroatoms. The summed E-state index contributed by atoms with van der Waals surface area (Å²) in [5.41, 5.74) is 0.672. The highest BCUT2D eigenvalue weighted by molar-refractivity contribution is 9.09. The Bertz CT molecular complexity index is 419. The number of hydrogen-bond donors (Lipinski definition) is 0. The maximum absolute atomic E-state index is 12.4. The maximum Gasteiger partial charge on any atom is 0.573 e. The number of para-hydroxylation sites is 1. The number of rotatable bonds is 2. The van der Waals surface area contributed by atoms with Gasteiger partial charge >= 0.3 is 6.36 Å². The number of alkyl halides is 4. The summed E-state index contributed by atoms with van der Waals surface area (Å²) in [6, 6.07) is 6.49. The number of benzene rings is 1. The summed E-state index contributed by atoms with van der Waals surface area (Å²) in [6.45, 7) is 0. The predicted molar refractivity (Wildman–Crippen MR) is 71.7 cm³/mol. The Morgan fingerprint density at radius 2 is 1.79 bits per heavy atom. The number of hydrogen-bond acceptors (Lipinski definition) is 1. The lowest BCUT2D eigenvalue weighted by Gasteiger charge is -2.20. The molecule has 1 aliphatic carbocycles. The normalized spacial score (nSPS) is 24.8. The van der Waals surface area contributed by atoms with Gasteiger partial charge in [0.15, 0.2) is 0 Å². The second kappa shape index (κ2) is 6.16. The van der Waals surface area contributed by atoms with Crippen LogP contribution in [0, 0.1) is 0 Å². The molecule has 1 saturated carbocycles. The molecular formula is C14H16BrF3O. The molecule has 1 fully saturated rings. The largest absolute Gasteiger partial charge is 0.573 e. The standard InChI is InChI=1S/C14H16BrF3O/c15-11-6-2-1-5-10(9-11)12-7-3-4-8-13(12)19-14(16,17)18/h3-4,7-8,10-11H,1-2,5-6,9H2. The Kier molecular flexibility index (Phi) is 4.76. The molecule has 1 nitrogen and oxygen atoms in total. The molecule has 0 saturated heterocycles. The molecule has 1 aliphatic rings. The summed E-state index contributed by atoms with van der Waals surface area (Å²) in [5.74, 6) is 0.0759. The fourth-order valence-electron chi connectivity index (χ4n) is 2.62. The van der Waals surface area contributed by atoms with E-state index in [0.29, 0.717) is 10.4 Å². The van der Waals surface area contributed by atoms with Crippen LogP contribution in [-0.4, -0.2) is 11.2 Å². The smallest absolute Gasteiger partial charge is 0.405 e. The molecule has 1 aromatic carbocycles. The maximum atomic E-state index is 12.4. The van der Waals surface area contributed by atoms with Crippen LogP contribution >= 0.6 is 15.9 Å². The van der Waals surface area contributed by atoms with Crippen LogP contribution in [0.3, 0.4) is 0 Å². The number of halogens is 4. The van der Waals surface area contributed by atoms with Crippen molar-refractivity contribution in [3.8, 4) is 5.75 Å². The van der Waals surface area contributed by atoms with Gasteiger partial charge in [0.25, 0.3) is 0 Å². The Morgan fingerprint density at radius 1 is 1.11 bits per heavy atom. The van der Waals surface area contributed by atoms with Gasteiger partial charge in [0.2, 0.25) is 0 Å². The van der Waals surface area contributed by atoms with Crippen molar-refractivity contribution < 1.29 is 17.9 Å². The summed E-state index contributed by atoms with van der Waals surface area (Å²) in [5, 5.41) is 0. The molecule has 1 aromatic rings. The van der Waals surface area contributed by atoms with E-state index in [1.165, 1.54) is 6.07 Å². The van der Waals surface area contributed by atoms with Gasteiger partial charge in [-0.1, -0.05) is 47.0 Å². The molecule has 0 amide bonds. The number of ether oxygens (including phenoxy) is 1. The summed E-state index contributed by atoms with van der Waals surface area (Å²) in [4.78, 5) is 0.374. The monoisotopic (exact) mass is 336 g/mol. The van der Waals surface area contributed by atoms with Crippen LogP contribution in [0.1, 0.15) is 43.6 Å². The quantitative estimate of drug-likeness (QED) is 0.519.